The third kappa shape index (κ3) is 3.66. The van der Waals surface area contributed by atoms with E-state index in [9.17, 15) is 14.7 Å². The molecule has 0 spiro atoms. The number of methoxy groups -OCH3 is 2. The molecular weight excluding hydrogens is 398 g/mol. The van der Waals surface area contributed by atoms with Gasteiger partial charge in [0.05, 0.1) is 38.6 Å². The Kier molecular flexibility index (Phi) is 5.49. The highest BCUT2D eigenvalue weighted by Gasteiger charge is 2.47. The number of amides is 1. The zero-order valence-corrected chi connectivity index (χ0v) is 17.1. The lowest BCUT2D eigenvalue weighted by atomic mass is 9.94. The summed E-state index contributed by atoms with van der Waals surface area (Å²) in [7, 11) is 3.03. The Labute approximate surface area is 179 Å². The maximum absolute atomic E-state index is 13.1. The summed E-state index contributed by atoms with van der Waals surface area (Å²) < 4.78 is 16.2. The molecule has 4 rings (SSSR count). The average Bonchev–Trinajstić information content (AvgIpc) is 3.41. The van der Waals surface area contributed by atoms with Gasteiger partial charge in [-0.25, -0.2) is 0 Å². The van der Waals surface area contributed by atoms with E-state index in [-0.39, 0.29) is 17.9 Å². The topological polar surface area (TPSA) is 89.2 Å². The number of aliphatic hydroxyl groups is 1. The van der Waals surface area contributed by atoms with Gasteiger partial charge in [-0.3, -0.25) is 9.59 Å². The van der Waals surface area contributed by atoms with Crippen LogP contribution in [0.3, 0.4) is 0 Å². The van der Waals surface area contributed by atoms with Gasteiger partial charge in [0.15, 0.2) is 0 Å². The maximum atomic E-state index is 13.1. The SMILES string of the molecule is COc1ccc([C@H]2C(=C(O)c3ccccc3)C(=O)C(=O)N2Cc2ccco2)c(OC)c1. The number of furan rings is 1. The molecule has 1 aromatic heterocycles. The number of Topliss-reactive ketones (excluding diaryl/α,β-unsaturated/α-hetero) is 1. The summed E-state index contributed by atoms with van der Waals surface area (Å²) in [5, 5.41) is 11.0. The van der Waals surface area contributed by atoms with Crippen LogP contribution in [0.25, 0.3) is 5.76 Å². The van der Waals surface area contributed by atoms with E-state index in [1.807, 2.05) is 0 Å². The molecule has 1 saturated heterocycles. The monoisotopic (exact) mass is 419 g/mol. The zero-order chi connectivity index (χ0) is 22.0. The summed E-state index contributed by atoms with van der Waals surface area (Å²) in [5.41, 5.74) is 0.980. The second-order valence-electron chi connectivity index (χ2n) is 6.98. The fraction of sp³-hybridized carbons (Fsp3) is 0.167. The Morgan fingerprint density at radius 3 is 2.45 bits per heavy atom. The van der Waals surface area contributed by atoms with Gasteiger partial charge >= 0.3 is 0 Å². The zero-order valence-electron chi connectivity index (χ0n) is 17.1. The largest absolute Gasteiger partial charge is 0.507 e. The summed E-state index contributed by atoms with van der Waals surface area (Å²) in [5.74, 6) is -0.239. The highest BCUT2D eigenvalue weighted by Crippen LogP contribution is 2.44. The van der Waals surface area contributed by atoms with Crippen molar-refractivity contribution in [2.75, 3.05) is 14.2 Å². The minimum Gasteiger partial charge on any atom is -0.507 e. The van der Waals surface area contributed by atoms with Crippen molar-refractivity contribution < 1.29 is 28.6 Å². The van der Waals surface area contributed by atoms with Crippen molar-refractivity contribution in [2.24, 2.45) is 0 Å². The van der Waals surface area contributed by atoms with E-state index >= 15 is 0 Å². The van der Waals surface area contributed by atoms with Crippen molar-refractivity contribution in [2.45, 2.75) is 12.6 Å². The smallest absolute Gasteiger partial charge is 0.296 e. The maximum Gasteiger partial charge on any atom is 0.296 e. The van der Waals surface area contributed by atoms with Crippen LogP contribution in [0.4, 0.5) is 0 Å². The predicted octanol–water partition coefficient (Wildman–Crippen LogP) is 3.92. The van der Waals surface area contributed by atoms with Crippen LogP contribution in [0.5, 0.6) is 11.5 Å². The first-order chi connectivity index (χ1) is 15.0. The molecule has 0 unspecified atom stereocenters. The van der Waals surface area contributed by atoms with Crippen molar-refractivity contribution in [1.29, 1.82) is 0 Å². The van der Waals surface area contributed by atoms with Crippen LogP contribution >= 0.6 is 0 Å². The first-order valence-corrected chi connectivity index (χ1v) is 9.63. The Balaban J connectivity index is 1.91. The van der Waals surface area contributed by atoms with Crippen molar-refractivity contribution in [3.63, 3.8) is 0 Å². The second-order valence-corrected chi connectivity index (χ2v) is 6.98. The number of ether oxygens (including phenoxy) is 2. The number of nitrogens with zero attached hydrogens (tertiary/aromatic N) is 1. The van der Waals surface area contributed by atoms with Gasteiger partial charge in [0.25, 0.3) is 11.7 Å². The number of hydrogen-bond acceptors (Lipinski definition) is 6. The third-order valence-electron chi connectivity index (χ3n) is 5.23. The van der Waals surface area contributed by atoms with Crippen LogP contribution in [0.15, 0.2) is 76.9 Å². The first kappa shape index (κ1) is 20.3. The van der Waals surface area contributed by atoms with Gasteiger partial charge in [-0.2, -0.15) is 0 Å². The standard InChI is InChI=1S/C24H21NO6/c1-29-16-10-11-18(19(13-16)30-2)21-20(22(26)15-7-4-3-5-8-15)23(27)24(28)25(21)14-17-9-6-12-31-17/h3-13,21,26H,14H2,1-2H3/t21-/m0/s1. The molecule has 3 aromatic rings. The van der Waals surface area contributed by atoms with Crippen LogP contribution in [-0.2, 0) is 16.1 Å². The number of ketones is 1. The third-order valence-corrected chi connectivity index (χ3v) is 5.23. The minimum absolute atomic E-state index is 0.00813. The fourth-order valence-electron chi connectivity index (χ4n) is 3.73. The Morgan fingerprint density at radius 1 is 1.03 bits per heavy atom. The number of aliphatic hydroxyl groups excluding tert-OH is 1. The average molecular weight is 419 g/mol. The quantitative estimate of drug-likeness (QED) is 0.370. The lowest BCUT2D eigenvalue weighted by Crippen LogP contribution is -2.29. The Hall–Kier alpha value is -4.00. The summed E-state index contributed by atoms with van der Waals surface area (Å²) in [4.78, 5) is 27.4. The number of hydrogen-bond donors (Lipinski definition) is 1. The molecule has 2 heterocycles. The summed E-state index contributed by atoms with van der Waals surface area (Å²) in [6.07, 6.45) is 1.50. The molecule has 1 atom stereocenters. The Morgan fingerprint density at radius 2 is 1.81 bits per heavy atom. The summed E-state index contributed by atoms with van der Waals surface area (Å²) >= 11 is 0. The number of carbonyl (C=O) groups is 2. The van der Waals surface area contributed by atoms with Crippen molar-refractivity contribution in [3.8, 4) is 11.5 Å². The van der Waals surface area contributed by atoms with Crippen LogP contribution in [-0.4, -0.2) is 35.9 Å². The van der Waals surface area contributed by atoms with Gasteiger partial charge in [0, 0.05) is 17.2 Å². The van der Waals surface area contributed by atoms with Crippen LogP contribution in [0.1, 0.15) is 22.9 Å². The molecule has 7 nitrogen and oxygen atoms in total. The molecular formula is C24H21NO6. The molecule has 0 bridgehead atoms. The van der Waals surface area contributed by atoms with Crippen LogP contribution in [0.2, 0.25) is 0 Å². The predicted molar refractivity (Wildman–Crippen MR) is 113 cm³/mol. The number of carbonyl (C=O) groups excluding carboxylic acids is 2. The van der Waals surface area contributed by atoms with E-state index in [4.69, 9.17) is 13.9 Å². The van der Waals surface area contributed by atoms with Crippen molar-refractivity contribution in [1.82, 2.24) is 4.90 Å². The number of benzene rings is 2. The first-order valence-electron chi connectivity index (χ1n) is 9.63. The summed E-state index contributed by atoms with van der Waals surface area (Å²) in [6.45, 7) is 0.0585. The van der Waals surface area contributed by atoms with Gasteiger partial charge in [0.1, 0.15) is 23.0 Å². The van der Waals surface area contributed by atoms with Crippen LogP contribution < -0.4 is 9.47 Å². The van der Waals surface area contributed by atoms with Gasteiger partial charge < -0.3 is 23.9 Å². The molecule has 1 aliphatic rings. The van der Waals surface area contributed by atoms with E-state index < -0.39 is 17.7 Å². The van der Waals surface area contributed by atoms with Crippen molar-refractivity contribution >= 4 is 17.4 Å². The highest BCUT2D eigenvalue weighted by atomic mass is 16.5. The summed E-state index contributed by atoms with van der Waals surface area (Å²) in [6, 6.07) is 16.3. The van der Waals surface area contributed by atoms with E-state index in [0.717, 1.165) is 0 Å². The fourth-order valence-corrected chi connectivity index (χ4v) is 3.73. The van der Waals surface area contributed by atoms with E-state index in [1.165, 1.54) is 25.4 Å². The van der Waals surface area contributed by atoms with Crippen LogP contribution in [0, 0.1) is 0 Å². The lowest BCUT2D eigenvalue weighted by Gasteiger charge is -2.26. The molecule has 0 aliphatic carbocycles. The van der Waals surface area contributed by atoms with E-state index in [1.54, 1.807) is 60.7 Å². The molecule has 31 heavy (non-hydrogen) atoms. The lowest BCUT2D eigenvalue weighted by molar-refractivity contribution is -0.140. The molecule has 1 fully saturated rings. The molecule has 7 heteroatoms. The highest BCUT2D eigenvalue weighted by molar-refractivity contribution is 6.46. The molecule has 1 amide bonds. The molecule has 2 aromatic carbocycles. The normalized spacial score (nSPS) is 17.7. The molecule has 1 N–H and O–H groups in total. The van der Waals surface area contributed by atoms with E-state index in [2.05, 4.69) is 0 Å². The molecule has 158 valence electrons. The van der Waals surface area contributed by atoms with Gasteiger partial charge in [-0.15, -0.1) is 0 Å². The van der Waals surface area contributed by atoms with Gasteiger partial charge in [-0.1, -0.05) is 30.3 Å². The molecule has 0 radical (unpaired) electrons. The minimum atomic E-state index is -0.869. The molecule has 0 saturated carbocycles. The number of likely N-dealkylation sites (tertiary alicyclic amines) is 1. The number of rotatable bonds is 6. The van der Waals surface area contributed by atoms with Gasteiger partial charge in [-0.05, 0) is 24.3 Å². The van der Waals surface area contributed by atoms with Crippen molar-refractivity contribution in [3.05, 3.63) is 89.4 Å². The Bertz CT molecular complexity index is 1130. The molecule has 1 aliphatic heterocycles. The van der Waals surface area contributed by atoms with Gasteiger partial charge in [0.2, 0.25) is 0 Å². The van der Waals surface area contributed by atoms with E-state index in [0.29, 0.717) is 28.4 Å². The second kappa shape index (κ2) is 8.39.